The number of hydrogen-bond donors (Lipinski definition) is 1. The van der Waals surface area contributed by atoms with Gasteiger partial charge < -0.3 is 14.7 Å². The van der Waals surface area contributed by atoms with Crippen LogP contribution in [0.1, 0.15) is 47.5 Å². The summed E-state index contributed by atoms with van der Waals surface area (Å²) in [7, 11) is 0. The number of piperidine rings is 1. The first-order valence-electron chi connectivity index (χ1n) is 10.2. The largest absolute Gasteiger partial charge is 0.339 e. The van der Waals surface area contributed by atoms with E-state index in [1.54, 1.807) is 29.2 Å². The van der Waals surface area contributed by atoms with E-state index in [2.05, 4.69) is 15.5 Å². The Morgan fingerprint density at radius 1 is 1.13 bits per heavy atom. The van der Waals surface area contributed by atoms with Gasteiger partial charge in [-0.1, -0.05) is 11.2 Å². The second kappa shape index (κ2) is 8.67. The summed E-state index contributed by atoms with van der Waals surface area (Å²) in [6.07, 6.45) is 1.42. The third kappa shape index (κ3) is 4.63. The number of likely N-dealkylation sites (tertiary alicyclic amines) is 1. The molecule has 0 spiro atoms. The molecule has 0 aliphatic carbocycles. The lowest BCUT2D eigenvalue weighted by molar-refractivity contribution is -0.114. The molecule has 31 heavy (non-hydrogen) atoms. The highest BCUT2D eigenvalue weighted by Crippen LogP contribution is 2.29. The Balaban J connectivity index is 1.40. The molecule has 3 aromatic rings. The van der Waals surface area contributed by atoms with Gasteiger partial charge in [0.2, 0.25) is 17.6 Å². The van der Waals surface area contributed by atoms with E-state index < -0.39 is 0 Å². The number of carbonyl (C=O) groups excluding carboxylic acids is 2. The minimum absolute atomic E-state index is 0.0671. The maximum atomic E-state index is 13.1. The van der Waals surface area contributed by atoms with Gasteiger partial charge in [0, 0.05) is 42.7 Å². The zero-order valence-electron chi connectivity index (χ0n) is 17.4. The maximum absolute atomic E-state index is 13.1. The average molecular weight is 422 g/mol. The summed E-state index contributed by atoms with van der Waals surface area (Å²) in [4.78, 5) is 30.6. The van der Waals surface area contributed by atoms with Crippen molar-refractivity contribution in [2.75, 3.05) is 18.4 Å². The molecule has 0 unspecified atom stereocenters. The highest BCUT2D eigenvalue weighted by molar-refractivity contribution is 5.97. The Morgan fingerprint density at radius 2 is 1.84 bits per heavy atom. The molecule has 0 saturated carbocycles. The monoisotopic (exact) mass is 422 g/mol. The predicted octanol–water partition coefficient (Wildman–Crippen LogP) is 4.16. The van der Waals surface area contributed by atoms with E-state index in [-0.39, 0.29) is 23.5 Å². The molecule has 0 radical (unpaired) electrons. The van der Waals surface area contributed by atoms with Gasteiger partial charge in [-0.05, 0) is 61.7 Å². The van der Waals surface area contributed by atoms with Crippen molar-refractivity contribution in [1.29, 1.82) is 0 Å². The summed E-state index contributed by atoms with van der Waals surface area (Å²) in [6, 6.07) is 11.3. The fraction of sp³-hybridized carbons (Fsp3) is 0.304. The Kier molecular flexibility index (Phi) is 5.79. The van der Waals surface area contributed by atoms with Crippen molar-refractivity contribution >= 4 is 17.5 Å². The van der Waals surface area contributed by atoms with Crippen molar-refractivity contribution in [3.05, 3.63) is 65.3 Å². The summed E-state index contributed by atoms with van der Waals surface area (Å²) in [6.45, 7) is 4.47. The third-order valence-electron chi connectivity index (χ3n) is 5.47. The van der Waals surface area contributed by atoms with Crippen LogP contribution in [0.3, 0.4) is 0 Å². The van der Waals surface area contributed by atoms with E-state index in [9.17, 15) is 14.0 Å². The van der Waals surface area contributed by atoms with Crippen LogP contribution in [0.15, 0.2) is 47.0 Å². The van der Waals surface area contributed by atoms with Crippen LogP contribution in [-0.4, -0.2) is 39.9 Å². The van der Waals surface area contributed by atoms with Crippen LogP contribution in [0.4, 0.5) is 10.1 Å². The summed E-state index contributed by atoms with van der Waals surface area (Å²) < 4.78 is 18.5. The Morgan fingerprint density at radius 3 is 2.52 bits per heavy atom. The lowest BCUT2D eigenvalue weighted by Crippen LogP contribution is -2.38. The van der Waals surface area contributed by atoms with Gasteiger partial charge in [0.05, 0.1) is 0 Å². The normalized spacial score (nSPS) is 14.5. The summed E-state index contributed by atoms with van der Waals surface area (Å²) >= 11 is 0. The molecule has 4 rings (SSSR count). The zero-order valence-corrected chi connectivity index (χ0v) is 17.4. The Bertz CT molecular complexity index is 1100. The number of hydrogen-bond acceptors (Lipinski definition) is 5. The van der Waals surface area contributed by atoms with Gasteiger partial charge in [0.1, 0.15) is 5.82 Å². The molecule has 1 aliphatic heterocycles. The van der Waals surface area contributed by atoms with Crippen LogP contribution in [-0.2, 0) is 4.79 Å². The number of carbonyl (C=O) groups is 2. The van der Waals surface area contributed by atoms with Crippen molar-refractivity contribution in [2.24, 2.45) is 0 Å². The molecule has 1 fully saturated rings. The number of anilines is 1. The first-order valence-corrected chi connectivity index (χ1v) is 10.2. The topological polar surface area (TPSA) is 88.3 Å². The van der Waals surface area contributed by atoms with Crippen LogP contribution in [0, 0.1) is 12.7 Å². The van der Waals surface area contributed by atoms with Gasteiger partial charge in [-0.15, -0.1) is 0 Å². The number of halogens is 1. The molecule has 1 aliphatic rings. The fourth-order valence-corrected chi connectivity index (χ4v) is 3.71. The molecular weight excluding hydrogens is 399 g/mol. The molecular formula is C23H23FN4O3. The van der Waals surface area contributed by atoms with Crippen LogP contribution >= 0.6 is 0 Å². The molecule has 2 heterocycles. The summed E-state index contributed by atoms with van der Waals surface area (Å²) in [5, 5.41) is 6.77. The van der Waals surface area contributed by atoms with Crippen molar-refractivity contribution in [1.82, 2.24) is 15.0 Å². The van der Waals surface area contributed by atoms with Crippen LogP contribution < -0.4 is 5.32 Å². The maximum Gasteiger partial charge on any atom is 0.253 e. The molecule has 7 nitrogen and oxygen atoms in total. The van der Waals surface area contributed by atoms with Crippen molar-refractivity contribution in [3.63, 3.8) is 0 Å². The number of nitrogens with zero attached hydrogens (tertiary/aromatic N) is 3. The van der Waals surface area contributed by atoms with Crippen molar-refractivity contribution in [2.45, 2.75) is 32.6 Å². The molecule has 2 aromatic carbocycles. The zero-order chi connectivity index (χ0) is 22.0. The van der Waals surface area contributed by atoms with Gasteiger partial charge in [-0.3, -0.25) is 9.59 Å². The van der Waals surface area contributed by atoms with Gasteiger partial charge in [0.15, 0.2) is 0 Å². The number of rotatable bonds is 4. The standard InChI is InChI=1S/C23H23FN4O3/c1-14-3-4-18(13-20(14)25-15(2)29)23(30)28-11-9-17(10-12-28)22-26-21(27-31-22)16-5-7-19(24)8-6-16/h3-8,13,17H,9-12H2,1-2H3,(H,25,29). The molecule has 160 valence electrons. The molecule has 1 N–H and O–H groups in total. The number of amides is 2. The quantitative estimate of drug-likeness (QED) is 0.682. The molecule has 8 heteroatoms. The lowest BCUT2D eigenvalue weighted by Gasteiger charge is -2.30. The second-order valence-electron chi connectivity index (χ2n) is 7.74. The van der Waals surface area contributed by atoms with E-state index >= 15 is 0 Å². The fourth-order valence-electron chi connectivity index (χ4n) is 3.71. The van der Waals surface area contributed by atoms with E-state index in [0.717, 1.165) is 5.56 Å². The van der Waals surface area contributed by atoms with E-state index in [1.807, 2.05) is 13.0 Å². The van der Waals surface area contributed by atoms with Gasteiger partial charge in [0.25, 0.3) is 5.91 Å². The number of nitrogens with one attached hydrogen (secondary N) is 1. The smallest absolute Gasteiger partial charge is 0.253 e. The Hall–Kier alpha value is -3.55. The molecule has 1 aromatic heterocycles. The van der Waals surface area contributed by atoms with Crippen LogP contribution in [0.5, 0.6) is 0 Å². The molecule has 0 atom stereocenters. The molecule has 2 amide bonds. The lowest BCUT2D eigenvalue weighted by atomic mass is 9.96. The number of benzene rings is 2. The minimum atomic E-state index is -0.317. The highest BCUT2D eigenvalue weighted by Gasteiger charge is 2.28. The summed E-state index contributed by atoms with van der Waals surface area (Å²) in [5.74, 6) is 0.477. The molecule has 1 saturated heterocycles. The number of aromatic nitrogens is 2. The first kappa shape index (κ1) is 20.7. The van der Waals surface area contributed by atoms with Gasteiger partial charge in [-0.25, -0.2) is 4.39 Å². The Labute approximate surface area is 179 Å². The van der Waals surface area contributed by atoms with Crippen LogP contribution in [0.2, 0.25) is 0 Å². The third-order valence-corrected chi connectivity index (χ3v) is 5.47. The van der Waals surface area contributed by atoms with Crippen molar-refractivity contribution in [3.8, 4) is 11.4 Å². The van der Waals surface area contributed by atoms with E-state index in [1.165, 1.54) is 19.1 Å². The number of aryl methyl sites for hydroxylation is 1. The van der Waals surface area contributed by atoms with E-state index in [0.29, 0.717) is 54.5 Å². The van der Waals surface area contributed by atoms with Gasteiger partial charge >= 0.3 is 0 Å². The second-order valence-corrected chi connectivity index (χ2v) is 7.74. The minimum Gasteiger partial charge on any atom is -0.339 e. The highest BCUT2D eigenvalue weighted by atomic mass is 19.1. The van der Waals surface area contributed by atoms with Crippen LogP contribution in [0.25, 0.3) is 11.4 Å². The average Bonchev–Trinajstić information content (AvgIpc) is 3.25. The van der Waals surface area contributed by atoms with Crippen molar-refractivity contribution < 1.29 is 18.5 Å². The van der Waals surface area contributed by atoms with E-state index in [4.69, 9.17) is 4.52 Å². The molecule has 0 bridgehead atoms. The predicted molar refractivity (Wildman–Crippen MR) is 113 cm³/mol. The van der Waals surface area contributed by atoms with Gasteiger partial charge in [-0.2, -0.15) is 4.98 Å². The SMILES string of the molecule is CC(=O)Nc1cc(C(=O)N2CCC(c3nc(-c4ccc(F)cc4)no3)CC2)ccc1C. The summed E-state index contributed by atoms with van der Waals surface area (Å²) in [5.41, 5.74) is 2.79. The first-order chi connectivity index (χ1) is 14.9.